The zero-order chi connectivity index (χ0) is 26.1. The number of aromatic nitrogens is 3. The summed E-state index contributed by atoms with van der Waals surface area (Å²) in [6.07, 6.45) is 2.63. The van der Waals surface area contributed by atoms with Crippen LogP contribution in [0.25, 0.3) is 11.0 Å². The molecule has 2 N–H and O–H groups in total. The highest BCUT2D eigenvalue weighted by Gasteiger charge is 2.19. The van der Waals surface area contributed by atoms with Crippen LogP contribution in [0.3, 0.4) is 0 Å². The molecule has 3 heterocycles. The van der Waals surface area contributed by atoms with Gasteiger partial charge in [0.1, 0.15) is 0 Å². The highest BCUT2D eigenvalue weighted by atomic mass is 16.7. The first kappa shape index (κ1) is 24.3. The molecule has 0 saturated heterocycles. The summed E-state index contributed by atoms with van der Waals surface area (Å²) < 4.78 is 12.6. The number of para-hydroxylation sites is 1. The second-order valence-corrected chi connectivity index (χ2v) is 9.34. The van der Waals surface area contributed by atoms with Gasteiger partial charge in [0.2, 0.25) is 12.7 Å². The average molecular weight is 500 g/mol. The normalized spacial score (nSPS) is 12.2. The lowest BCUT2D eigenvalue weighted by Gasteiger charge is -2.14. The molecule has 9 heteroatoms. The fraction of sp³-hybridized carbons (Fsp3) is 0.286. The Morgan fingerprint density at radius 1 is 1.05 bits per heavy atom. The van der Waals surface area contributed by atoms with Crippen LogP contribution < -0.4 is 20.1 Å². The van der Waals surface area contributed by atoms with Gasteiger partial charge in [-0.15, -0.1) is 0 Å². The van der Waals surface area contributed by atoms with Crippen molar-refractivity contribution in [3.63, 3.8) is 0 Å². The second-order valence-electron chi connectivity index (χ2n) is 9.34. The molecule has 2 aromatic heterocycles. The van der Waals surface area contributed by atoms with E-state index in [1.165, 1.54) is 0 Å². The molecule has 0 unspecified atom stereocenters. The number of hydrogen-bond donors (Lipinski definition) is 2. The monoisotopic (exact) mass is 499 g/mol. The van der Waals surface area contributed by atoms with E-state index in [0.717, 1.165) is 27.9 Å². The van der Waals surface area contributed by atoms with Gasteiger partial charge in [0.05, 0.1) is 17.4 Å². The summed E-state index contributed by atoms with van der Waals surface area (Å²) in [5.74, 6) is 0.701. The number of benzene rings is 2. The third-order valence-electron chi connectivity index (χ3n) is 6.50. The van der Waals surface area contributed by atoms with Gasteiger partial charge in [0.25, 0.3) is 5.91 Å². The number of carbonyl (C=O) groups is 2. The van der Waals surface area contributed by atoms with Crippen LogP contribution in [0.4, 0.5) is 11.4 Å². The molecular weight excluding hydrogens is 470 g/mol. The van der Waals surface area contributed by atoms with Gasteiger partial charge in [0.15, 0.2) is 17.1 Å². The van der Waals surface area contributed by atoms with E-state index >= 15 is 0 Å². The van der Waals surface area contributed by atoms with E-state index in [1.54, 1.807) is 42.5 Å². The van der Waals surface area contributed by atoms with E-state index in [4.69, 9.17) is 14.5 Å². The van der Waals surface area contributed by atoms with E-state index in [1.807, 2.05) is 24.7 Å². The maximum Gasteiger partial charge on any atom is 0.257 e. The number of rotatable bonds is 7. The fourth-order valence-electron chi connectivity index (χ4n) is 4.55. The molecule has 0 fully saturated rings. The maximum absolute atomic E-state index is 13.0. The topological polar surface area (TPSA) is 107 Å². The number of nitrogens with one attached hydrogen (secondary N) is 2. The molecule has 0 atom stereocenters. The zero-order valence-corrected chi connectivity index (χ0v) is 21.3. The molecule has 1 aliphatic heterocycles. The molecule has 4 aromatic rings. The van der Waals surface area contributed by atoms with Crippen molar-refractivity contribution in [1.29, 1.82) is 0 Å². The van der Waals surface area contributed by atoms with Gasteiger partial charge in [-0.1, -0.05) is 12.1 Å². The quantitative estimate of drug-likeness (QED) is 0.363. The first-order chi connectivity index (χ1) is 17.8. The van der Waals surface area contributed by atoms with Crippen LogP contribution in [-0.2, 0) is 11.2 Å². The van der Waals surface area contributed by atoms with E-state index in [0.29, 0.717) is 34.9 Å². The smallest absolute Gasteiger partial charge is 0.257 e. The number of nitrogens with zero attached hydrogens (tertiary/aromatic N) is 3. The number of amides is 2. The van der Waals surface area contributed by atoms with Crippen molar-refractivity contribution in [1.82, 2.24) is 14.8 Å². The highest BCUT2D eigenvalue weighted by molar-refractivity contribution is 6.10. The van der Waals surface area contributed by atoms with Crippen LogP contribution in [0.1, 0.15) is 53.5 Å². The van der Waals surface area contributed by atoms with Gasteiger partial charge in [-0.3, -0.25) is 9.59 Å². The molecule has 2 aromatic carbocycles. The first-order valence-corrected chi connectivity index (χ1v) is 12.2. The zero-order valence-electron chi connectivity index (χ0n) is 21.3. The van der Waals surface area contributed by atoms with Gasteiger partial charge in [-0.05, 0) is 69.5 Å². The second kappa shape index (κ2) is 9.93. The van der Waals surface area contributed by atoms with Gasteiger partial charge in [-0.25, -0.2) is 9.67 Å². The predicted molar refractivity (Wildman–Crippen MR) is 141 cm³/mol. The summed E-state index contributed by atoms with van der Waals surface area (Å²) in [5.41, 5.74) is 5.27. The first-order valence-electron chi connectivity index (χ1n) is 12.2. The Kier molecular flexibility index (Phi) is 6.52. The van der Waals surface area contributed by atoms with E-state index in [9.17, 15) is 9.59 Å². The van der Waals surface area contributed by atoms with Crippen LogP contribution in [0.15, 0.2) is 48.7 Å². The number of pyridine rings is 1. The number of fused-ring (bicyclic) bond motifs is 2. The predicted octanol–water partition coefficient (Wildman–Crippen LogP) is 5.18. The molecule has 5 rings (SSSR count). The summed E-state index contributed by atoms with van der Waals surface area (Å²) in [7, 11) is 0. The average Bonchev–Trinajstić information content (AvgIpc) is 3.51. The molecule has 0 spiro atoms. The maximum atomic E-state index is 13.0. The standard InChI is InChI=1S/C28H29N5O4/c1-16(2)33-27-22(14-29-33)17(3)20(18(4)30-27)10-12-26(34)32-23-8-6-5-7-21(23)28(35)31-19-9-11-24-25(13-19)37-15-36-24/h5-9,11,13-14,16H,10,12,15H2,1-4H3,(H,31,35)(H,32,34). The molecular formula is C28H29N5O4. The van der Waals surface area contributed by atoms with E-state index in [2.05, 4.69) is 29.6 Å². The summed E-state index contributed by atoms with van der Waals surface area (Å²) >= 11 is 0. The van der Waals surface area contributed by atoms with Gasteiger partial charge >= 0.3 is 0 Å². The van der Waals surface area contributed by atoms with Gasteiger partial charge in [-0.2, -0.15) is 5.10 Å². The Hall–Kier alpha value is -4.40. The van der Waals surface area contributed by atoms with E-state index < -0.39 is 0 Å². The third kappa shape index (κ3) is 4.84. The lowest BCUT2D eigenvalue weighted by molar-refractivity contribution is -0.116. The minimum atomic E-state index is -0.335. The molecule has 37 heavy (non-hydrogen) atoms. The van der Waals surface area contributed by atoms with Crippen LogP contribution in [-0.4, -0.2) is 33.4 Å². The Balaban J connectivity index is 1.28. The van der Waals surface area contributed by atoms with Crippen molar-refractivity contribution < 1.29 is 19.1 Å². The third-order valence-corrected chi connectivity index (χ3v) is 6.50. The van der Waals surface area contributed by atoms with E-state index in [-0.39, 0.29) is 31.1 Å². The van der Waals surface area contributed by atoms with Crippen molar-refractivity contribution in [3.8, 4) is 11.5 Å². The molecule has 1 aliphatic rings. The number of ether oxygens (including phenoxy) is 2. The van der Waals surface area contributed by atoms with Crippen molar-refractivity contribution >= 4 is 34.2 Å². The summed E-state index contributed by atoms with van der Waals surface area (Å²) in [5, 5.41) is 11.2. The van der Waals surface area contributed by atoms with Gasteiger partial charge in [0, 0.05) is 35.3 Å². The summed E-state index contributed by atoms with van der Waals surface area (Å²) in [6, 6.07) is 12.3. The Bertz CT molecular complexity index is 1510. The SMILES string of the molecule is Cc1nc2c(cnn2C(C)C)c(C)c1CCC(=O)Nc1ccccc1C(=O)Nc1ccc2c(c1)OCO2. The fourth-order valence-corrected chi connectivity index (χ4v) is 4.55. The Morgan fingerprint density at radius 2 is 1.84 bits per heavy atom. The lowest BCUT2D eigenvalue weighted by atomic mass is 10.00. The molecule has 190 valence electrons. The Labute approximate surface area is 214 Å². The molecule has 0 radical (unpaired) electrons. The largest absolute Gasteiger partial charge is 0.454 e. The lowest BCUT2D eigenvalue weighted by Crippen LogP contribution is -2.18. The van der Waals surface area contributed by atoms with Crippen LogP contribution in [0.5, 0.6) is 11.5 Å². The molecule has 9 nitrogen and oxygen atoms in total. The van der Waals surface area contributed by atoms with Gasteiger partial charge < -0.3 is 20.1 Å². The van der Waals surface area contributed by atoms with Crippen LogP contribution in [0.2, 0.25) is 0 Å². The number of anilines is 2. The minimum absolute atomic E-state index is 0.159. The van der Waals surface area contributed by atoms with Crippen LogP contribution in [0, 0.1) is 13.8 Å². The van der Waals surface area contributed by atoms with Crippen LogP contribution >= 0.6 is 0 Å². The number of aryl methyl sites for hydroxylation is 2. The summed E-state index contributed by atoms with van der Waals surface area (Å²) in [6.45, 7) is 8.32. The summed E-state index contributed by atoms with van der Waals surface area (Å²) in [4.78, 5) is 30.7. The minimum Gasteiger partial charge on any atom is -0.454 e. The highest BCUT2D eigenvalue weighted by Crippen LogP contribution is 2.34. The number of carbonyl (C=O) groups excluding carboxylic acids is 2. The van der Waals surface area contributed by atoms with Crippen molar-refractivity contribution in [2.75, 3.05) is 17.4 Å². The number of hydrogen-bond acceptors (Lipinski definition) is 6. The molecule has 0 bridgehead atoms. The molecule has 0 saturated carbocycles. The van der Waals surface area contributed by atoms with Crippen molar-refractivity contribution in [2.45, 2.75) is 46.6 Å². The molecule has 2 amide bonds. The Morgan fingerprint density at radius 3 is 2.65 bits per heavy atom. The molecule has 0 aliphatic carbocycles. The van der Waals surface area contributed by atoms with Crippen molar-refractivity contribution in [2.24, 2.45) is 0 Å². The van der Waals surface area contributed by atoms with Crippen molar-refractivity contribution in [3.05, 3.63) is 71.0 Å².